The normalized spacial score (nSPS) is 10.9. The first-order valence-electron chi connectivity index (χ1n) is 6.45. The van der Waals surface area contributed by atoms with Gasteiger partial charge in [-0.2, -0.15) is 18.4 Å². The maximum absolute atomic E-state index is 12.5. The lowest BCUT2D eigenvalue weighted by molar-refractivity contribution is -0.137. The first kappa shape index (κ1) is 16.8. The average molecular weight is 339 g/mol. The number of nitrogens with zero attached hydrogens (tertiary/aromatic N) is 1. The van der Waals surface area contributed by atoms with E-state index in [0.29, 0.717) is 11.3 Å². The van der Waals surface area contributed by atoms with Crippen molar-refractivity contribution in [3.63, 3.8) is 0 Å². The van der Waals surface area contributed by atoms with Gasteiger partial charge in [0.15, 0.2) is 0 Å². The van der Waals surface area contributed by atoms with E-state index in [2.05, 4.69) is 5.32 Å². The molecule has 23 heavy (non-hydrogen) atoms. The van der Waals surface area contributed by atoms with Crippen LogP contribution < -0.4 is 5.32 Å². The second kappa shape index (κ2) is 6.71. The molecule has 0 spiro atoms. The van der Waals surface area contributed by atoms with Crippen molar-refractivity contribution in [2.45, 2.75) is 12.6 Å². The average Bonchev–Trinajstić information content (AvgIpc) is 2.47. The van der Waals surface area contributed by atoms with Crippen LogP contribution in [-0.4, -0.2) is 5.91 Å². The van der Waals surface area contributed by atoms with Gasteiger partial charge in [0.1, 0.15) is 6.07 Å². The van der Waals surface area contributed by atoms with Crippen LogP contribution in [0.1, 0.15) is 16.7 Å². The predicted octanol–water partition coefficient (Wildman–Crippen LogP) is 4.41. The minimum atomic E-state index is -4.40. The van der Waals surface area contributed by atoms with E-state index in [9.17, 15) is 18.0 Å². The SMILES string of the molecule is N#Cc1ccc(NC(=O)Cc2ccc(C(F)(F)F)cc2)cc1Cl. The van der Waals surface area contributed by atoms with Crippen molar-refractivity contribution in [1.82, 2.24) is 0 Å². The highest BCUT2D eigenvalue weighted by Gasteiger charge is 2.29. The van der Waals surface area contributed by atoms with Gasteiger partial charge >= 0.3 is 6.18 Å². The summed E-state index contributed by atoms with van der Waals surface area (Å²) in [6.45, 7) is 0. The van der Waals surface area contributed by atoms with Crippen molar-refractivity contribution in [2.75, 3.05) is 5.32 Å². The summed E-state index contributed by atoms with van der Waals surface area (Å²) in [6, 6.07) is 10.7. The Morgan fingerprint density at radius 3 is 2.35 bits per heavy atom. The number of nitriles is 1. The second-order valence-electron chi connectivity index (χ2n) is 4.73. The van der Waals surface area contributed by atoms with Crippen LogP contribution in [0.3, 0.4) is 0 Å². The molecule has 2 rings (SSSR count). The molecule has 7 heteroatoms. The number of halogens is 4. The van der Waals surface area contributed by atoms with Gasteiger partial charge in [-0.05, 0) is 35.9 Å². The molecule has 0 saturated heterocycles. The van der Waals surface area contributed by atoms with Gasteiger partial charge in [0.05, 0.1) is 22.6 Å². The molecule has 0 radical (unpaired) electrons. The molecular formula is C16H10ClF3N2O. The predicted molar refractivity (Wildman–Crippen MR) is 79.9 cm³/mol. The molecule has 0 bridgehead atoms. The molecule has 0 aliphatic carbocycles. The molecule has 0 aromatic heterocycles. The van der Waals surface area contributed by atoms with E-state index < -0.39 is 17.6 Å². The summed E-state index contributed by atoms with van der Waals surface area (Å²) < 4.78 is 37.4. The second-order valence-corrected chi connectivity index (χ2v) is 5.13. The van der Waals surface area contributed by atoms with Gasteiger partial charge in [0.25, 0.3) is 0 Å². The Balaban J connectivity index is 2.02. The van der Waals surface area contributed by atoms with Crippen LogP contribution in [0.25, 0.3) is 0 Å². The number of nitrogens with one attached hydrogen (secondary N) is 1. The van der Waals surface area contributed by atoms with Crippen LogP contribution >= 0.6 is 11.6 Å². The third-order valence-electron chi connectivity index (χ3n) is 3.02. The molecule has 0 aliphatic rings. The van der Waals surface area contributed by atoms with Crippen LogP contribution in [0.2, 0.25) is 5.02 Å². The van der Waals surface area contributed by atoms with Crippen LogP contribution in [0.4, 0.5) is 18.9 Å². The van der Waals surface area contributed by atoms with E-state index in [1.54, 1.807) is 0 Å². The van der Waals surface area contributed by atoms with E-state index in [0.717, 1.165) is 12.1 Å². The minimum absolute atomic E-state index is 0.0737. The van der Waals surface area contributed by atoms with Gasteiger partial charge in [0, 0.05) is 5.69 Å². The van der Waals surface area contributed by atoms with E-state index in [1.807, 2.05) is 6.07 Å². The Hall–Kier alpha value is -2.52. The molecule has 0 atom stereocenters. The zero-order valence-electron chi connectivity index (χ0n) is 11.6. The molecule has 1 amide bonds. The summed E-state index contributed by atoms with van der Waals surface area (Å²) in [5.74, 6) is -0.398. The van der Waals surface area contributed by atoms with Crippen molar-refractivity contribution < 1.29 is 18.0 Å². The molecule has 118 valence electrons. The third kappa shape index (κ3) is 4.47. The van der Waals surface area contributed by atoms with Gasteiger partial charge in [-0.25, -0.2) is 0 Å². The van der Waals surface area contributed by atoms with Crippen molar-refractivity contribution in [3.05, 3.63) is 64.2 Å². The fourth-order valence-electron chi connectivity index (χ4n) is 1.89. The topological polar surface area (TPSA) is 52.9 Å². The summed E-state index contributed by atoms with van der Waals surface area (Å²) in [6.07, 6.45) is -4.48. The number of carbonyl (C=O) groups excluding carboxylic acids is 1. The number of anilines is 1. The first-order valence-corrected chi connectivity index (χ1v) is 6.83. The number of hydrogen-bond donors (Lipinski definition) is 1. The van der Waals surface area contributed by atoms with Crippen LogP contribution in [0.5, 0.6) is 0 Å². The molecular weight excluding hydrogens is 329 g/mol. The zero-order valence-corrected chi connectivity index (χ0v) is 12.4. The van der Waals surface area contributed by atoms with Crippen molar-refractivity contribution >= 4 is 23.2 Å². The Bertz CT molecular complexity index is 764. The molecule has 0 unspecified atom stereocenters. The highest BCUT2D eigenvalue weighted by Crippen LogP contribution is 2.29. The van der Waals surface area contributed by atoms with E-state index in [-0.39, 0.29) is 17.0 Å². The lowest BCUT2D eigenvalue weighted by Crippen LogP contribution is -2.14. The smallest absolute Gasteiger partial charge is 0.326 e. The van der Waals surface area contributed by atoms with Gasteiger partial charge in [-0.3, -0.25) is 4.79 Å². The Labute approximate surface area is 135 Å². The number of alkyl halides is 3. The van der Waals surface area contributed by atoms with Gasteiger partial charge in [-0.15, -0.1) is 0 Å². The maximum atomic E-state index is 12.5. The molecule has 0 heterocycles. The lowest BCUT2D eigenvalue weighted by Gasteiger charge is -2.08. The number of benzene rings is 2. The van der Waals surface area contributed by atoms with Crippen LogP contribution in [0, 0.1) is 11.3 Å². The standard InChI is InChI=1S/C16H10ClF3N2O/c17-14-8-13(6-3-11(14)9-21)22-15(23)7-10-1-4-12(5-2-10)16(18,19)20/h1-6,8H,7H2,(H,22,23). The summed E-state index contributed by atoms with van der Waals surface area (Å²) in [5.41, 5.74) is 0.383. The Morgan fingerprint density at radius 1 is 1.17 bits per heavy atom. The third-order valence-corrected chi connectivity index (χ3v) is 3.33. The summed E-state index contributed by atoms with van der Waals surface area (Å²) in [4.78, 5) is 11.9. The molecule has 2 aromatic rings. The summed E-state index contributed by atoms with van der Waals surface area (Å²) in [5, 5.41) is 11.5. The molecule has 0 fully saturated rings. The van der Waals surface area contributed by atoms with E-state index in [1.165, 1.54) is 30.3 Å². The summed E-state index contributed by atoms with van der Waals surface area (Å²) >= 11 is 5.85. The minimum Gasteiger partial charge on any atom is -0.326 e. The Morgan fingerprint density at radius 2 is 1.83 bits per heavy atom. The molecule has 0 saturated carbocycles. The Kier molecular flexibility index (Phi) is 4.92. The highest BCUT2D eigenvalue weighted by molar-refractivity contribution is 6.32. The fraction of sp³-hybridized carbons (Fsp3) is 0.125. The monoisotopic (exact) mass is 338 g/mol. The number of hydrogen-bond acceptors (Lipinski definition) is 2. The first-order chi connectivity index (χ1) is 10.8. The summed E-state index contributed by atoms with van der Waals surface area (Å²) in [7, 11) is 0. The van der Waals surface area contributed by atoms with Gasteiger partial charge < -0.3 is 5.32 Å². The lowest BCUT2D eigenvalue weighted by atomic mass is 10.1. The van der Waals surface area contributed by atoms with E-state index in [4.69, 9.17) is 16.9 Å². The highest BCUT2D eigenvalue weighted by atomic mass is 35.5. The quantitative estimate of drug-likeness (QED) is 0.901. The number of rotatable bonds is 3. The molecule has 1 N–H and O–H groups in total. The number of carbonyl (C=O) groups is 1. The van der Waals surface area contributed by atoms with Crippen molar-refractivity contribution in [2.24, 2.45) is 0 Å². The molecule has 0 aliphatic heterocycles. The molecule has 3 nitrogen and oxygen atoms in total. The number of amides is 1. The largest absolute Gasteiger partial charge is 0.416 e. The fourth-order valence-corrected chi connectivity index (χ4v) is 2.11. The van der Waals surface area contributed by atoms with Gasteiger partial charge in [0.2, 0.25) is 5.91 Å². The van der Waals surface area contributed by atoms with Gasteiger partial charge in [-0.1, -0.05) is 23.7 Å². The van der Waals surface area contributed by atoms with Crippen LogP contribution in [-0.2, 0) is 17.4 Å². The maximum Gasteiger partial charge on any atom is 0.416 e. The van der Waals surface area contributed by atoms with Crippen LogP contribution in [0.15, 0.2) is 42.5 Å². The molecule has 2 aromatic carbocycles. The van der Waals surface area contributed by atoms with Crippen molar-refractivity contribution in [3.8, 4) is 6.07 Å². The van der Waals surface area contributed by atoms with Crippen molar-refractivity contribution in [1.29, 1.82) is 5.26 Å². The zero-order chi connectivity index (χ0) is 17.0. The van der Waals surface area contributed by atoms with E-state index >= 15 is 0 Å².